The molecule has 2 rings (SSSR count). The Labute approximate surface area is 181 Å². The molecule has 8 heteroatoms. The lowest BCUT2D eigenvalue weighted by molar-refractivity contribution is 0.296. The van der Waals surface area contributed by atoms with Gasteiger partial charge in [0.1, 0.15) is 0 Å². The van der Waals surface area contributed by atoms with Gasteiger partial charge in [0.2, 0.25) is 0 Å². The third-order valence-electron chi connectivity index (χ3n) is 4.63. The van der Waals surface area contributed by atoms with E-state index < -0.39 is 9.84 Å². The fraction of sp³-hybridized carbons (Fsp3) is 0.632. The molecule has 6 nitrogen and oxygen atoms in total. The number of nitrogens with zero attached hydrogens (tertiary/aromatic N) is 2. The van der Waals surface area contributed by atoms with Crippen molar-refractivity contribution in [3.05, 3.63) is 35.4 Å². The number of benzene rings is 1. The van der Waals surface area contributed by atoms with Crippen molar-refractivity contribution in [3.8, 4) is 0 Å². The van der Waals surface area contributed by atoms with Crippen molar-refractivity contribution in [1.29, 1.82) is 0 Å². The van der Waals surface area contributed by atoms with Gasteiger partial charge in [-0.3, -0.25) is 4.90 Å². The first-order valence-corrected chi connectivity index (χ1v) is 11.3. The summed E-state index contributed by atoms with van der Waals surface area (Å²) in [4.78, 5) is 7.03. The second kappa shape index (κ2) is 11.9. The van der Waals surface area contributed by atoms with Gasteiger partial charge in [-0.1, -0.05) is 38.1 Å². The quantitative estimate of drug-likeness (QED) is 0.321. The van der Waals surface area contributed by atoms with Crippen molar-refractivity contribution in [3.63, 3.8) is 0 Å². The van der Waals surface area contributed by atoms with Crippen LogP contribution in [0, 0.1) is 0 Å². The van der Waals surface area contributed by atoms with Crippen LogP contribution in [0.25, 0.3) is 0 Å². The van der Waals surface area contributed by atoms with Crippen molar-refractivity contribution in [1.82, 2.24) is 15.5 Å². The molecule has 1 saturated heterocycles. The van der Waals surface area contributed by atoms with Gasteiger partial charge in [-0.05, 0) is 37.6 Å². The molecule has 0 saturated carbocycles. The molecule has 0 amide bonds. The highest BCUT2D eigenvalue weighted by atomic mass is 127. The Bertz CT molecular complexity index is 705. The van der Waals surface area contributed by atoms with E-state index in [0.29, 0.717) is 18.9 Å². The lowest BCUT2D eigenvalue weighted by atomic mass is 10.1. The summed E-state index contributed by atoms with van der Waals surface area (Å²) >= 11 is 0. The van der Waals surface area contributed by atoms with E-state index >= 15 is 0 Å². The average Bonchev–Trinajstić information content (AvgIpc) is 2.96. The first kappa shape index (κ1) is 24.2. The lowest BCUT2D eigenvalue weighted by Crippen LogP contribution is -2.44. The van der Waals surface area contributed by atoms with E-state index in [9.17, 15) is 8.42 Å². The molecular weight excluding hydrogens is 475 g/mol. The van der Waals surface area contributed by atoms with Crippen molar-refractivity contribution < 1.29 is 8.42 Å². The molecule has 2 N–H and O–H groups in total. The van der Waals surface area contributed by atoms with Crippen LogP contribution in [0.5, 0.6) is 0 Å². The van der Waals surface area contributed by atoms with Gasteiger partial charge in [0.05, 0.1) is 18.1 Å². The zero-order chi connectivity index (χ0) is 19.0. The zero-order valence-corrected chi connectivity index (χ0v) is 19.7. The van der Waals surface area contributed by atoms with Gasteiger partial charge in [-0.15, -0.1) is 24.0 Å². The maximum Gasteiger partial charge on any atom is 0.191 e. The molecule has 1 heterocycles. The third kappa shape index (κ3) is 8.35. The molecule has 1 unspecified atom stereocenters. The number of halogens is 1. The normalized spacial score (nSPS) is 19.0. The molecule has 1 aromatic rings. The minimum atomic E-state index is -2.90. The fourth-order valence-corrected chi connectivity index (χ4v) is 4.80. The molecule has 0 aromatic heterocycles. The van der Waals surface area contributed by atoms with Gasteiger partial charge >= 0.3 is 0 Å². The maximum atomic E-state index is 11.6. The standard InChI is InChI=1S/C19H32N4O2S.HI/c1-4-20-19(22-18-10-11-26(24,25)15-18)21-13-16-8-7-9-17(12-16)14-23(5-2)6-3;/h7-9,12,18H,4-6,10-11,13-15H2,1-3H3,(H2,20,21,22);1H. The predicted octanol–water partition coefficient (Wildman–Crippen LogP) is 2.39. The topological polar surface area (TPSA) is 73.8 Å². The van der Waals surface area contributed by atoms with E-state index in [1.807, 2.05) is 6.92 Å². The van der Waals surface area contributed by atoms with E-state index in [2.05, 4.69) is 58.6 Å². The largest absolute Gasteiger partial charge is 0.357 e. The van der Waals surface area contributed by atoms with Crippen molar-refractivity contribution in [2.24, 2.45) is 4.99 Å². The Kier molecular flexibility index (Phi) is 10.6. The van der Waals surface area contributed by atoms with Crippen molar-refractivity contribution in [2.75, 3.05) is 31.1 Å². The van der Waals surface area contributed by atoms with Gasteiger partial charge in [0.25, 0.3) is 0 Å². The number of nitrogens with one attached hydrogen (secondary N) is 2. The van der Waals surface area contributed by atoms with E-state index in [4.69, 9.17) is 0 Å². The molecule has 27 heavy (non-hydrogen) atoms. The highest BCUT2D eigenvalue weighted by molar-refractivity contribution is 14.0. The second-order valence-corrected chi connectivity index (χ2v) is 8.95. The molecule has 0 spiro atoms. The van der Waals surface area contributed by atoms with Crippen LogP contribution >= 0.6 is 24.0 Å². The summed E-state index contributed by atoms with van der Waals surface area (Å²) < 4.78 is 23.3. The molecule has 1 atom stereocenters. The molecule has 0 aliphatic carbocycles. The van der Waals surface area contributed by atoms with Gasteiger partial charge < -0.3 is 10.6 Å². The number of rotatable bonds is 8. The first-order valence-electron chi connectivity index (χ1n) is 9.51. The number of sulfone groups is 1. The van der Waals surface area contributed by atoms with Crippen LogP contribution in [-0.2, 0) is 22.9 Å². The van der Waals surface area contributed by atoms with Crippen LogP contribution in [0.15, 0.2) is 29.3 Å². The summed E-state index contributed by atoms with van der Waals surface area (Å²) in [6.07, 6.45) is 0.645. The molecule has 1 fully saturated rings. The van der Waals surface area contributed by atoms with Gasteiger partial charge in [-0.25, -0.2) is 13.4 Å². The fourth-order valence-electron chi connectivity index (χ4n) is 3.12. The summed E-state index contributed by atoms with van der Waals surface area (Å²) in [5.74, 6) is 1.14. The second-order valence-electron chi connectivity index (χ2n) is 6.72. The first-order chi connectivity index (χ1) is 12.5. The molecular formula is C19H33IN4O2S. The summed E-state index contributed by atoms with van der Waals surface area (Å²) in [5, 5.41) is 6.47. The van der Waals surface area contributed by atoms with Gasteiger partial charge in [0, 0.05) is 19.1 Å². The number of hydrogen-bond donors (Lipinski definition) is 2. The van der Waals surface area contributed by atoms with E-state index in [1.165, 1.54) is 5.56 Å². The average molecular weight is 508 g/mol. The Morgan fingerprint density at radius 1 is 1.22 bits per heavy atom. The minimum Gasteiger partial charge on any atom is -0.357 e. The number of guanidine groups is 1. The van der Waals surface area contributed by atoms with Gasteiger partial charge in [0.15, 0.2) is 15.8 Å². The predicted molar refractivity (Wildman–Crippen MR) is 123 cm³/mol. The lowest BCUT2D eigenvalue weighted by Gasteiger charge is -2.18. The van der Waals surface area contributed by atoms with E-state index in [-0.39, 0.29) is 41.5 Å². The van der Waals surface area contributed by atoms with Crippen LogP contribution in [0.3, 0.4) is 0 Å². The summed E-state index contributed by atoms with van der Waals surface area (Å²) in [6, 6.07) is 8.46. The Hall–Kier alpha value is -0.870. The zero-order valence-electron chi connectivity index (χ0n) is 16.6. The molecule has 154 valence electrons. The third-order valence-corrected chi connectivity index (χ3v) is 6.40. The SMILES string of the molecule is CCNC(=NCc1cccc(CN(CC)CC)c1)NC1CCS(=O)(=O)C1.I. The maximum absolute atomic E-state index is 11.6. The minimum absolute atomic E-state index is 0. The number of hydrogen-bond acceptors (Lipinski definition) is 4. The summed E-state index contributed by atoms with van der Waals surface area (Å²) in [6.45, 7) is 10.7. The van der Waals surface area contributed by atoms with E-state index in [0.717, 1.165) is 31.7 Å². The van der Waals surface area contributed by atoms with Crippen molar-refractivity contribution in [2.45, 2.75) is 46.3 Å². The Morgan fingerprint density at radius 3 is 2.52 bits per heavy atom. The molecule has 1 aliphatic rings. The van der Waals surface area contributed by atoms with E-state index in [1.54, 1.807) is 0 Å². The monoisotopic (exact) mass is 508 g/mol. The van der Waals surface area contributed by atoms with Crippen LogP contribution in [0.2, 0.25) is 0 Å². The molecule has 0 radical (unpaired) electrons. The van der Waals surface area contributed by atoms with Crippen LogP contribution in [0.1, 0.15) is 38.3 Å². The Balaban J connectivity index is 0.00000364. The van der Waals surface area contributed by atoms with Gasteiger partial charge in [-0.2, -0.15) is 0 Å². The highest BCUT2D eigenvalue weighted by Gasteiger charge is 2.28. The molecule has 0 bridgehead atoms. The Morgan fingerprint density at radius 2 is 1.93 bits per heavy atom. The van der Waals surface area contributed by atoms with Crippen LogP contribution in [0.4, 0.5) is 0 Å². The highest BCUT2D eigenvalue weighted by Crippen LogP contribution is 2.12. The van der Waals surface area contributed by atoms with Crippen LogP contribution in [-0.4, -0.2) is 56.5 Å². The smallest absolute Gasteiger partial charge is 0.191 e. The summed E-state index contributed by atoms with van der Waals surface area (Å²) in [5.41, 5.74) is 2.45. The molecule has 1 aliphatic heterocycles. The number of aliphatic imine (C=N–C) groups is 1. The van der Waals surface area contributed by atoms with Crippen molar-refractivity contribution >= 4 is 39.8 Å². The molecule has 1 aromatic carbocycles. The van der Waals surface area contributed by atoms with Crippen LogP contribution < -0.4 is 10.6 Å². The summed E-state index contributed by atoms with van der Waals surface area (Å²) in [7, 11) is -2.90.